The average Bonchev–Trinajstić information content (AvgIpc) is 2.97. The number of esters is 2. The number of carbonyl (C=O) groups excluding carboxylic acids is 3. The maximum atomic E-state index is 13.4. The van der Waals surface area contributed by atoms with Crippen molar-refractivity contribution in [3.8, 4) is 0 Å². The lowest BCUT2D eigenvalue weighted by Gasteiger charge is -2.34. The molecular weight excluding hydrogens is 382 g/mol. The molecule has 1 amide bonds. The average molecular weight is 409 g/mol. The van der Waals surface area contributed by atoms with Crippen LogP contribution in [0.4, 0.5) is 0 Å². The zero-order chi connectivity index (χ0) is 21.9. The number of rotatable bonds is 5. The second-order valence-electron chi connectivity index (χ2n) is 8.57. The maximum Gasteiger partial charge on any atom is 0.334 e. The third-order valence-corrected chi connectivity index (χ3v) is 4.98. The highest BCUT2D eigenvalue weighted by atomic mass is 16.6. The first-order valence-corrected chi connectivity index (χ1v) is 9.98. The molecule has 0 spiro atoms. The summed E-state index contributed by atoms with van der Waals surface area (Å²) in [4.78, 5) is 40.1. The number of ether oxygens (including phenoxy) is 2. The molecule has 0 N–H and O–H groups in total. The lowest BCUT2D eigenvalue weighted by Crippen LogP contribution is -2.50. The Bertz CT molecular complexity index is 920. The van der Waals surface area contributed by atoms with Gasteiger partial charge in [-0.15, -0.1) is 0 Å². The first-order valence-electron chi connectivity index (χ1n) is 9.98. The monoisotopic (exact) mass is 409 g/mol. The molecule has 0 aromatic heterocycles. The van der Waals surface area contributed by atoms with Crippen LogP contribution in [0.3, 0.4) is 0 Å². The summed E-state index contributed by atoms with van der Waals surface area (Å²) in [5.41, 5.74) is -0.790. The number of amides is 1. The largest absolute Gasteiger partial charge is 0.460 e. The van der Waals surface area contributed by atoms with Gasteiger partial charge < -0.3 is 9.47 Å². The third kappa shape index (κ3) is 4.53. The van der Waals surface area contributed by atoms with E-state index in [2.05, 4.69) is 0 Å². The van der Waals surface area contributed by atoms with Gasteiger partial charge in [0.25, 0.3) is 5.91 Å². The van der Waals surface area contributed by atoms with E-state index in [1.807, 2.05) is 36.4 Å². The Balaban J connectivity index is 1.94. The van der Waals surface area contributed by atoms with Gasteiger partial charge in [-0.1, -0.05) is 48.5 Å². The minimum Gasteiger partial charge on any atom is -0.460 e. The number of nitrogens with zero attached hydrogens (tertiary/aromatic N) is 1. The Morgan fingerprint density at radius 1 is 1.03 bits per heavy atom. The molecular formula is C24H27NO5. The molecule has 2 aromatic rings. The fourth-order valence-electron chi connectivity index (χ4n) is 3.48. The van der Waals surface area contributed by atoms with E-state index in [4.69, 9.17) is 9.47 Å². The van der Waals surface area contributed by atoms with Gasteiger partial charge in [0.05, 0.1) is 0 Å². The highest BCUT2D eigenvalue weighted by Gasteiger charge is 2.55. The van der Waals surface area contributed by atoms with Crippen LogP contribution in [0.5, 0.6) is 0 Å². The molecule has 2 atom stereocenters. The van der Waals surface area contributed by atoms with E-state index in [1.165, 1.54) is 4.90 Å². The van der Waals surface area contributed by atoms with E-state index in [1.54, 1.807) is 52.0 Å². The summed E-state index contributed by atoms with van der Waals surface area (Å²) in [7, 11) is 0. The fraction of sp³-hybridized carbons (Fsp3) is 0.375. The number of carbonyl (C=O) groups is 3. The molecule has 1 aliphatic heterocycles. The molecule has 0 aliphatic carbocycles. The minimum atomic E-state index is -1.30. The van der Waals surface area contributed by atoms with Crippen LogP contribution in [0.15, 0.2) is 60.7 Å². The molecule has 30 heavy (non-hydrogen) atoms. The third-order valence-electron chi connectivity index (χ3n) is 4.98. The molecule has 0 saturated carbocycles. The molecule has 1 heterocycles. The van der Waals surface area contributed by atoms with Crippen LogP contribution in [0, 0.1) is 0 Å². The van der Waals surface area contributed by atoms with Gasteiger partial charge >= 0.3 is 11.9 Å². The van der Waals surface area contributed by atoms with Crippen molar-refractivity contribution in [1.82, 2.24) is 4.90 Å². The summed E-state index contributed by atoms with van der Waals surface area (Å²) in [6.07, 6.45) is -0.777. The van der Waals surface area contributed by atoms with Crippen molar-refractivity contribution in [1.29, 1.82) is 0 Å². The van der Waals surface area contributed by atoms with Crippen molar-refractivity contribution in [3.05, 3.63) is 71.8 Å². The number of cyclic esters (lactones) is 1. The summed E-state index contributed by atoms with van der Waals surface area (Å²) < 4.78 is 11.0. The van der Waals surface area contributed by atoms with Crippen molar-refractivity contribution in [2.75, 3.05) is 0 Å². The Kier molecular flexibility index (Phi) is 5.97. The second kappa shape index (κ2) is 8.30. The number of hydrogen-bond donors (Lipinski definition) is 0. The van der Waals surface area contributed by atoms with Crippen molar-refractivity contribution in [2.24, 2.45) is 0 Å². The van der Waals surface area contributed by atoms with E-state index < -0.39 is 29.3 Å². The summed E-state index contributed by atoms with van der Waals surface area (Å²) in [5.74, 6) is -1.29. The van der Waals surface area contributed by atoms with Crippen molar-refractivity contribution in [3.63, 3.8) is 0 Å². The van der Waals surface area contributed by atoms with Crippen LogP contribution in [0.1, 0.15) is 62.7 Å². The van der Waals surface area contributed by atoms with Gasteiger partial charge in [-0.2, -0.15) is 0 Å². The highest BCUT2D eigenvalue weighted by molar-refractivity contribution is 6.00. The van der Waals surface area contributed by atoms with Gasteiger partial charge in [-0.05, 0) is 46.2 Å². The number of benzene rings is 2. The first-order chi connectivity index (χ1) is 14.1. The zero-order valence-corrected chi connectivity index (χ0v) is 17.8. The van der Waals surface area contributed by atoms with Gasteiger partial charge in [0.2, 0.25) is 6.23 Å². The van der Waals surface area contributed by atoms with Crippen molar-refractivity contribution in [2.45, 2.75) is 57.9 Å². The van der Waals surface area contributed by atoms with Gasteiger partial charge in [-0.25, -0.2) is 4.79 Å². The van der Waals surface area contributed by atoms with Crippen molar-refractivity contribution < 1.29 is 23.9 Å². The van der Waals surface area contributed by atoms with Crippen LogP contribution in [0.25, 0.3) is 0 Å². The van der Waals surface area contributed by atoms with Crippen LogP contribution in [-0.2, 0) is 19.1 Å². The number of hydrogen-bond acceptors (Lipinski definition) is 5. The Morgan fingerprint density at radius 2 is 1.60 bits per heavy atom. The van der Waals surface area contributed by atoms with Gasteiger partial charge in [0.1, 0.15) is 11.1 Å². The molecule has 0 unspecified atom stereocenters. The summed E-state index contributed by atoms with van der Waals surface area (Å²) in [6.45, 7) is 7.00. The van der Waals surface area contributed by atoms with Crippen LogP contribution in [-0.4, -0.2) is 33.9 Å². The zero-order valence-electron chi connectivity index (χ0n) is 17.8. The molecule has 6 nitrogen and oxygen atoms in total. The Labute approximate surface area is 176 Å². The predicted molar refractivity (Wildman–Crippen MR) is 111 cm³/mol. The standard InChI is InChI=1S/C24H27NO5/c1-23(2,3)30-19(26)15-16-24(4)22(28)29-21(18-13-9-6-10-14-18)25(24)20(27)17-11-7-5-8-12-17/h5-14,21H,15-16H2,1-4H3/t21-,24+/m0/s1. The van der Waals surface area contributed by atoms with Gasteiger partial charge in [-0.3, -0.25) is 14.5 Å². The molecule has 0 radical (unpaired) electrons. The minimum absolute atomic E-state index is 0.0110. The molecule has 0 bridgehead atoms. The Hall–Kier alpha value is -3.15. The Morgan fingerprint density at radius 3 is 2.17 bits per heavy atom. The first kappa shape index (κ1) is 21.6. The molecule has 6 heteroatoms. The normalized spacial score (nSPS) is 21.3. The van der Waals surface area contributed by atoms with Gasteiger partial charge in [0, 0.05) is 17.5 Å². The van der Waals surface area contributed by atoms with E-state index >= 15 is 0 Å². The van der Waals surface area contributed by atoms with E-state index in [0.717, 1.165) is 0 Å². The van der Waals surface area contributed by atoms with Crippen molar-refractivity contribution >= 4 is 17.8 Å². The van der Waals surface area contributed by atoms with E-state index in [9.17, 15) is 14.4 Å². The molecule has 3 rings (SSSR count). The predicted octanol–water partition coefficient (Wildman–Crippen LogP) is 4.27. The van der Waals surface area contributed by atoms with E-state index in [0.29, 0.717) is 11.1 Å². The topological polar surface area (TPSA) is 72.9 Å². The molecule has 2 aromatic carbocycles. The SMILES string of the molecule is CC(C)(C)OC(=O)CC[C@]1(C)C(=O)O[C@@H](c2ccccc2)N1C(=O)c1ccccc1. The summed E-state index contributed by atoms with van der Waals surface area (Å²) >= 11 is 0. The van der Waals surface area contributed by atoms with Crippen LogP contribution < -0.4 is 0 Å². The molecule has 158 valence electrons. The summed E-state index contributed by atoms with van der Waals surface area (Å²) in [5, 5.41) is 0. The quantitative estimate of drug-likeness (QED) is 0.690. The summed E-state index contributed by atoms with van der Waals surface area (Å²) in [6, 6.07) is 17.9. The van der Waals surface area contributed by atoms with E-state index in [-0.39, 0.29) is 18.7 Å². The van der Waals surface area contributed by atoms with Crippen LogP contribution >= 0.6 is 0 Å². The molecule has 1 aliphatic rings. The highest BCUT2D eigenvalue weighted by Crippen LogP contribution is 2.41. The lowest BCUT2D eigenvalue weighted by molar-refractivity contribution is -0.155. The molecule has 1 saturated heterocycles. The second-order valence-corrected chi connectivity index (χ2v) is 8.57. The lowest BCUT2D eigenvalue weighted by atomic mass is 9.93. The van der Waals surface area contributed by atoms with Crippen LogP contribution in [0.2, 0.25) is 0 Å². The smallest absolute Gasteiger partial charge is 0.334 e. The molecule has 1 fully saturated rings. The van der Waals surface area contributed by atoms with Gasteiger partial charge in [0.15, 0.2) is 0 Å². The fourth-order valence-corrected chi connectivity index (χ4v) is 3.48. The maximum absolute atomic E-state index is 13.4.